The zero-order valence-electron chi connectivity index (χ0n) is 14.5. The number of nitrogens with one attached hydrogen (secondary N) is 1. The number of halogens is 3. The second-order valence-electron chi connectivity index (χ2n) is 6.55. The Morgan fingerprint density at radius 1 is 1.23 bits per heavy atom. The normalized spacial score (nSPS) is 15.8. The lowest BCUT2D eigenvalue weighted by atomic mass is 10.1. The molecule has 0 bridgehead atoms. The van der Waals surface area contributed by atoms with Crippen LogP contribution in [0.25, 0.3) is 0 Å². The van der Waals surface area contributed by atoms with Crippen molar-refractivity contribution in [2.75, 3.05) is 18.4 Å². The van der Waals surface area contributed by atoms with Gasteiger partial charge in [-0.25, -0.2) is 0 Å². The number of likely N-dealkylation sites (tertiary alicyclic amines) is 1. The molecule has 1 aromatic heterocycles. The summed E-state index contributed by atoms with van der Waals surface area (Å²) in [7, 11) is 1.35. The smallest absolute Gasteiger partial charge is 0.322 e. The third-order valence-corrected chi connectivity index (χ3v) is 4.38. The van der Waals surface area contributed by atoms with E-state index in [1.165, 1.54) is 26.3 Å². The van der Waals surface area contributed by atoms with Crippen LogP contribution in [0, 0.1) is 0 Å². The van der Waals surface area contributed by atoms with E-state index in [1.54, 1.807) is 18.2 Å². The second-order valence-corrected chi connectivity index (χ2v) is 6.55. The fourth-order valence-electron chi connectivity index (χ4n) is 3.19. The van der Waals surface area contributed by atoms with Crippen molar-refractivity contribution >= 4 is 11.6 Å². The first-order valence-electron chi connectivity index (χ1n) is 8.56. The number of anilines is 1. The SMILES string of the molecule is Cn1cc(C(=O)Nc2cccc(CN3CCCCC3)c2)c(C(F)(F)F)n1. The molecule has 0 radical (unpaired) electrons. The number of carbonyl (C=O) groups excluding carboxylic acids is 1. The molecule has 0 atom stereocenters. The van der Waals surface area contributed by atoms with Crippen LogP contribution in [0.5, 0.6) is 0 Å². The molecule has 0 unspecified atom stereocenters. The van der Waals surface area contributed by atoms with Crippen LogP contribution in [0.4, 0.5) is 18.9 Å². The van der Waals surface area contributed by atoms with Crippen molar-refractivity contribution in [2.24, 2.45) is 7.05 Å². The van der Waals surface area contributed by atoms with Crippen molar-refractivity contribution in [3.05, 3.63) is 47.3 Å². The van der Waals surface area contributed by atoms with E-state index in [1.807, 2.05) is 6.07 Å². The molecule has 1 amide bonds. The van der Waals surface area contributed by atoms with Gasteiger partial charge in [-0.2, -0.15) is 18.3 Å². The number of benzene rings is 1. The number of hydrogen-bond acceptors (Lipinski definition) is 3. The quantitative estimate of drug-likeness (QED) is 0.898. The number of amides is 1. The minimum absolute atomic E-state index is 0.474. The molecule has 8 heteroatoms. The predicted octanol–water partition coefficient (Wildman–Crippen LogP) is 3.68. The van der Waals surface area contributed by atoms with Gasteiger partial charge in [-0.05, 0) is 43.6 Å². The van der Waals surface area contributed by atoms with Crippen molar-refractivity contribution < 1.29 is 18.0 Å². The van der Waals surface area contributed by atoms with Gasteiger partial charge in [-0.15, -0.1) is 0 Å². The summed E-state index contributed by atoms with van der Waals surface area (Å²) in [5.41, 5.74) is -0.170. The largest absolute Gasteiger partial charge is 0.435 e. The van der Waals surface area contributed by atoms with Crippen LogP contribution in [-0.2, 0) is 19.8 Å². The Kier molecular flexibility index (Phi) is 5.31. The lowest BCUT2D eigenvalue weighted by Gasteiger charge is -2.26. The van der Waals surface area contributed by atoms with Crippen LogP contribution < -0.4 is 5.32 Å². The molecule has 1 aliphatic heterocycles. The minimum Gasteiger partial charge on any atom is -0.322 e. The maximum atomic E-state index is 13.0. The van der Waals surface area contributed by atoms with Crippen LogP contribution >= 0.6 is 0 Å². The van der Waals surface area contributed by atoms with E-state index in [9.17, 15) is 18.0 Å². The summed E-state index contributed by atoms with van der Waals surface area (Å²) in [5.74, 6) is -0.819. The number of piperidine rings is 1. The Balaban J connectivity index is 1.73. The van der Waals surface area contributed by atoms with Crippen LogP contribution in [0.3, 0.4) is 0 Å². The highest BCUT2D eigenvalue weighted by Gasteiger charge is 2.39. The summed E-state index contributed by atoms with van der Waals surface area (Å²) in [6.45, 7) is 2.85. The highest BCUT2D eigenvalue weighted by Crippen LogP contribution is 2.31. The molecule has 140 valence electrons. The summed E-state index contributed by atoms with van der Waals surface area (Å²) in [4.78, 5) is 14.7. The van der Waals surface area contributed by atoms with E-state index < -0.39 is 23.3 Å². The topological polar surface area (TPSA) is 50.2 Å². The van der Waals surface area contributed by atoms with Gasteiger partial charge >= 0.3 is 6.18 Å². The van der Waals surface area contributed by atoms with Crippen LogP contribution in [-0.4, -0.2) is 33.7 Å². The number of aromatic nitrogens is 2. The maximum Gasteiger partial charge on any atom is 0.435 e. The minimum atomic E-state index is -4.68. The number of rotatable bonds is 4. The van der Waals surface area contributed by atoms with Crippen molar-refractivity contribution in [2.45, 2.75) is 32.0 Å². The lowest BCUT2D eigenvalue weighted by molar-refractivity contribution is -0.141. The average molecular weight is 366 g/mol. The predicted molar refractivity (Wildman–Crippen MR) is 91.7 cm³/mol. The summed E-state index contributed by atoms with van der Waals surface area (Å²) in [6.07, 6.45) is 0.00827. The maximum absolute atomic E-state index is 13.0. The Bertz CT molecular complexity index is 779. The molecule has 2 heterocycles. The van der Waals surface area contributed by atoms with Gasteiger partial charge in [0.15, 0.2) is 5.69 Å². The summed E-state index contributed by atoms with van der Waals surface area (Å²) >= 11 is 0. The monoisotopic (exact) mass is 366 g/mol. The molecule has 2 aromatic rings. The van der Waals surface area contributed by atoms with E-state index in [4.69, 9.17) is 0 Å². The van der Waals surface area contributed by atoms with Gasteiger partial charge in [0.25, 0.3) is 5.91 Å². The molecule has 1 fully saturated rings. The van der Waals surface area contributed by atoms with E-state index in [0.29, 0.717) is 5.69 Å². The zero-order valence-corrected chi connectivity index (χ0v) is 14.5. The molecule has 5 nitrogen and oxygen atoms in total. The second kappa shape index (κ2) is 7.49. The molecule has 1 saturated heterocycles. The molecule has 3 rings (SSSR count). The molecular weight excluding hydrogens is 345 g/mol. The first-order valence-corrected chi connectivity index (χ1v) is 8.56. The molecule has 1 aliphatic rings. The van der Waals surface area contributed by atoms with E-state index in [-0.39, 0.29) is 0 Å². The van der Waals surface area contributed by atoms with Crippen molar-refractivity contribution in [1.29, 1.82) is 0 Å². The Hall–Kier alpha value is -2.35. The highest BCUT2D eigenvalue weighted by molar-refractivity contribution is 6.05. The van der Waals surface area contributed by atoms with Crippen LogP contribution in [0.2, 0.25) is 0 Å². The molecular formula is C18H21F3N4O. The lowest BCUT2D eigenvalue weighted by Crippen LogP contribution is -2.29. The summed E-state index contributed by atoms with van der Waals surface area (Å²) in [6, 6.07) is 7.22. The van der Waals surface area contributed by atoms with Gasteiger partial charge in [0.2, 0.25) is 0 Å². The molecule has 1 N–H and O–H groups in total. The van der Waals surface area contributed by atoms with E-state index in [0.717, 1.165) is 36.1 Å². The van der Waals surface area contributed by atoms with Crippen LogP contribution in [0.1, 0.15) is 40.9 Å². The van der Waals surface area contributed by atoms with E-state index in [2.05, 4.69) is 15.3 Å². The average Bonchev–Trinajstić information content (AvgIpc) is 2.99. The van der Waals surface area contributed by atoms with Gasteiger partial charge in [-0.1, -0.05) is 18.6 Å². The Morgan fingerprint density at radius 3 is 2.65 bits per heavy atom. The third kappa shape index (κ3) is 4.43. The molecule has 26 heavy (non-hydrogen) atoms. The summed E-state index contributed by atoms with van der Waals surface area (Å²) in [5, 5.41) is 5.91. The van der Waals surface area contributed by atoms with Gasteiger partial charge in [0, 0.05) is 25.5 Å². The molecule has 1 aromatic carbocycles. The van der Waals surface area contributed by atoms with Gasteiger partial charge in [-0.3, -0.25) is 14.4 Å². The molecule has 0 saturated carbocycles. The fraction of sp³-hybridized carbons (Fsp3) is 0.444. The number of alkyl halides is 3. The number of nitrogens with zero attached hydrogens (tertiary/aromatic N) is 3. The van der Waals surface area contributed by atoms with Gasteiger partial charge in [0.1, 0.15) is 0 Å². The number of carbonyl (C=O) groups is 1. The standard InChI is InChI=1S/C18H21F3N4O/c1-24-12-15(16(23-24)18(19,20)21)17(26)22-14-7-5-6-13(10-14)11-25-8-3-2-4-9-25/h5-7,10,12H,2-4,8-9,11H2,1H3,(H,22,26). The number of aryl methyl sites for hydroxylation is 1. The third-order valence-electron chi connectivity index (χ3n) is 4.38. The highest BCUT2D eigenvalue weighted by atomic mass is 19.4. The van der Waals surface area contributed by atoms with Gasteiger partial charge < -0.3 is 5.32 Å². The van der Waals surface area contributed by atoms with E-state index >= 15 is 0 Å². The molecule has 0 spiro atoms. The van der Waals surface area contributed by atoms with Crippen molar-refractivity contribution in [3.63, 3.8) is 0 Å². The van der Waals surface area contributed by atoms with Gasteiger partial charge in [0.05, 0.1) is 5.56 Å². The fourth-order valence-corrected chi connectivity index (χ4v) is 3.19. The number of hydrogen-bond donors (Lipinski definition) is 1. The Labute approximate surface area is 149 Å². The Morgan fingerprint density at radius 2 is 1.96 bits per heavy atom. The first-order chi connectivity index (χ1) is 12.3. The first kappa shape index (κ1) is 18.4. The summed E-state index contributed by atoms with van der Waals surface area (Å²) < 4.78 is 40.1. The van der Waals surface area contributed by atoms with Crippen LogP contribution in [0.15, 0.2) is 30.5 Å². The molecule has 0 aliphatic carbocycles. The zero-order chi connectivity index (χ0) is 18.7. The van der Waals surface area contributed by atoms with Crippen molar-refractivity contribution in [1.82, 2.24) is 14.7 Å². The van der Waals surface area contributed by atoms with Crippen molar-refractivity contribution in [3.8, 4) is 0 Å².